The van der Waals surface area contributed by atoms with E-state index >= 15 is 0 Å². The van der Waals surface area contributed by atoms with Crippen LogP contribution in [-0.2, 0) is 31.2 Å². The van der Waals surface area contributed by atoms with Gasteiger partial charge in [0.05, 0.1) is 12.4 Å². The zero-order valence-electron chi connectivity index (χ0n) is 22.9. The highest BCUT2D eigenvalue weighted by Gasteiger charge is 2.40. The second kappa shape index (κ2) is 13.6. The molecule has 0 amide bonds. The summed E-state index contributed by atoms with van der Waals surface area (Å²) < 4.78 is 40.9. The lowest BCUT2D eigenvalue weighted by molar-refractivity contribution is 0.00827. The third kappa shape index (κ3) is 7.72. The molecular weight excluding hydrogens is 524 g/mol. The molecule has 4 aromatic carbocycles. The van der Waals surface area contributed by atoms with E-state index in [1.54, 1.807) is 19.1 Å². The van der Waals surface area contributed by atoms with Gasteiger partial charge in [0.25, 0.3) is 10.1 Å². The molecule has 0 spiro atoms. The molecule has 0 bridgehead atoms. The highest BCUT2D eigenvalue weighted by Crippen LogP contribution is 2.45. The first-order valence-corrected chi connectivity index (χ1v) is 15.2. The minimum atomic E-state index is -3.50. The lowest BCUT2D eigenvalue weighted by Crippen LogP contribution is -2.33. The summed E-state index contributed by atoms with van der Waals surface area (Å²) in [6.07, 6.45) is 2.61. The van der Waals surface area contributed by atoms with Crippen molar-refractivity contribution in [2.75, 3.05) is 12.9 Å². The monoisotopic (exact) mass is 560 g/mol. The Morgan fingerprint density at radius 2 is 1.38 bits per heavy atom. The van der Waals surface area contributed by atoms with Crippen molar-refractivity contribution in [3.05, 3.63) is 131 Å². The van der Waals surface area contributed by atoms with Gasteiger partial charge in [0.15, 0.2) is 0 Å². The van der Waals surface area contributed by atoms with Gasteiger partial charge in [-0.2, -0.15) is 8.42 Å². The molecule has 4 rings (SSSR count). The number of benzene rings is 4. The van der Waals surface area contributed by atoms with Crippen molar-refractivity contribution in [3.63, 3.8) is 0 Å². The van der Waals surface area contributed by atoms with E-state index in [2.05, 4.69) is 0 Å². The molecule has 1 unspecified atom stereocenters. The number of rotatable bonds is 14. The maximum atomic E-state index is 11.4. The standard InChI is InChI=1S/C33H36O6S/c1-26(39-40(2,35)36)14-12-13-23-38-33(28-17-8-4-9-18-28,29-19-10-5-11-20-29)31-24-30(21-22-32(31)34)37-25-27-15-6-3-7-16-27/h3-11,15-22,24,26,34H,12-14,23,25H2,1-2H3. The largest absolute Gasteiger partial charge is 0.508 e. The molecule has 4 aromatic rings. The van der Waals surface area contributed by atoms with Crippen LogP contribution in [0.5, 0.6) is 11.5 Å². The summed E-state index contributed by atoms with van der Waals surface area (Å²) in [6.45, 7) is 2.51. The molecule has 7 heteroatoms. The van der Waals surface area contributed by atoms with E-state index in [0.29, 0.717) is 43.8 Å². The van der Waals surface area contributed by atoms with Crippen molar-refractivity contribution >= 4 is 10.1 Å². The molecule has 6 nitrogen and oxygen atoms in total. The SMILES string of the molecule is CC(CCCCOC(c1ccccc1)(c1ccccc1)c1cc(OCc2ccccc2)ccc1O)OS(C)(=O)=O. The predicted molar refractivity (Wildman–Crippen MR) is 157 cm³/mol. The maximum Gasteiger partial charge on any atom is 0.264 e. The fourth-order valence-electron chi connectivity index (χ4n) is 4.80. The zero-order chi connectivity index (χ0) is 28.4. The first-order valence-electron chi connectivity index (χ1n) is 13.4. The van der Waals surface area contributed by atoms with Crippen LogP contribution >= 0.6 is 0 Å². The normalized spacial score (nSPS) is 12.7. The predicted octanol–water partition coefficient (Wildman–Crippen LogP) is 6.81. The van der Waals surface area contributed by atoms with Crippen molar-refractivity contribution in [2.45, 2.75) is 44.5 Å². The van der Waals surface area contributed by atoms with Crippen molar-refractivity contribution in [3.8, 4) is 11.5 Å². The smallest absolute Gasteiger partial charge is 0.264 e. The van der Waals surface area contributed by atoms with Crippen LogP contribution in [0.15, 0.2) is 109 Å². The minimum absolute atomic E-state index is 0.0925. The second-order valence-corrected chi connectivity index (χ2v) is 11.4. The van der Waals surface area contributed by atoms with Gasteiger partial charge in [-0.1, -0.05) is 91.0 Å². The van der Waals surface area contributed by atoms with Gasteiger partial charge in [0.2, 0.25) is 0 Å². The van der Waals surface area contributed by atoms with Gasteiger partial charge in [-0.15, -0.1) is 0 Å². The van der Waals surface area contributed by atoms with E-state index < -0.39 is 21.8 Å². The minimum Gasteiger partial charge on any atom is -0.508 e. The Morgan fingerprint density at radius 3 is 1.95 bits per heavy atom. The summed E-state index contributed by atoms with van der Waals surface area (Å²) in [4.78, 5) is 0. The van der Waals surface area contributed by atoms with Gasteiger partial charge in [-0.25, -0.2) is 0 Å². The van der Waals surface area contributed by atoms with Crippen molar-refractivity contribution < 1.29 is 27.2 Å². The van der Waals surface area contributed by atoms with Crippen LogP contribution in [-0.4, -0.2) is 32.5 Å². The van der Waals surface area contributed by atoms with E-state index in [1.807, 2.05) is 97.1 Å². The van der Waals surface area contributed by atoms with Crippen LogP contribution in [0.4, 0.5) is 0 Å². The number of hydrogen-bond acceptors (Lipinski definition) is 6. The fourth-order valence-corrected chi connectivity index (χ4v) is 5.49. The van der Waals surface area contributed by atoms with Crippen LogP contribution in [0.1, 0.15) is 48.4 Å². The molecule has 0 saturated heterocycles. The topological polar surface area (TPSA) is 82.1 Å². The number of aromatic hydroxyl groups is 1. The number of unbranched alkanes of at least 4 members (excludes halogenated alkanes) is 1. The second-order valence-electron chi connectivity index (χ2n) is 9.82. The Balaban J connectivity index is 1.66. The van der Waals surface area contributed by atoms with Crippen molar-refractivity contribution in [2.24, 2.45) is 0 Å². The lowest BCUT2D eigenvalue weighted by Gasteiger charge is -2.36. The Kier molecular flexibility index (Phi) is 9.98. The van der Waals surface area contributed by atoms with E-state index in [9.17, 15) is 13.5 Å². The Labute approximate surface area is 237 Å². The third-order valence-electron chi connectivity index (χ3n) is 6.62. The first kappa shape index (κ1) is 29.3. The van der Waals surface area contributed by atoms with E-state index in [-0.39, 0.29) is 5.75 Å². The van der Waals surface area contributed by atoms with E-state index in [0.717, 1.165) is 22.9 Å². The summed E-state index contributed by atoms with van der Waals surface area (Å²) in [5.74, 6) is 0.707. The number of phenolic OH excluding ortho intramolecular Hbond substituents is 1. The molecule has 0 aliphatic rings. The van der Waals surface area contributed by atoms with Crippen molar-refractivity contribution in [1.29, 1.82) is 0 Å². The molecule has 40 heavy (non-hydrogen) atoms. The van der Waals surface area contributed by atoms with Crippen LogP contribution in [0.3, 0.4) is 0 Å². The average molecular weight is 561 g/mol. The quantitative estimate of drug-likeness (QED) is 0.104. The highest BCUT2D eigenvalue weighted by molar-refractivity contribution is 7.86. The maximum absolute atomic E-state index is 11.4. The number of ether oxygens (including phenoxy) is 2. The Morgan fingerprint density at radius 1 is 0.800 bits per heavy atom. The summed E-state index contributed by atoms with van der Waals surface area (Å²) in [5, 5.41) is 11.3. The summed E-state index contributed by atoms with van der Waals surface area (Å²) >= 11 is 0. The third-order valence-corrected chi connectivity index (χ3v) is 7.30. The van der Waals surface area contributed by atoms with Gasteiger partial charge in [0, 0.05) is 12.2 Å². The number of phenols is 1. The molecule has 1 N–H and O–H groups in total. The molecule has 0 heterocycles. The number of hydrogen-bond donors (Lipinski definition) is 1. The Bertz CT molecular complexity index is 1400. The summed E-state index contributed by atoms with van der Waals surface area (Å²) in [5.41, 5.74) is 2.23. The zero-order valence-corrected chi connectivity index (χ0v) is 23.7. The summed E-state index contributed by atoms with van der Waals surface area (Å²) in [7, 11) is -3.50. The van der Waals surface area contributed by atoms with Crippen LogP contribution in [0, 0.1) is 0 Å². The molecule has 0 radical (unpaired) electrons. The summed E-state index contributed by atoms with van der Waals surface area (Å²) in [6, 6.07) is 34.8. The van der Waals surface area contributed by atoms with Crippen LogP contribution in [0.25, 0.3) is 0 Å². The van der Waals surface area contributed by atoms with Crippen LogP contribution in [0.2, 0.25) is 0 Å². The molecule has 1 atom stereocenters. The highest BCUT2D eigenvalue weighted by atomic mass is 32.2. The van der Waals surface area contributed by atoms with Crippen molar-refractivity contribution in [1.82, 2.24) is 0 Å². The molecule has 0 aliphatic carbocycles. The average Bonchev–Trinajstić information content (AvgIpc) is 2.95. The molecule has 0 aliphatic heterocycles. The molecule has 0 aromatic heterocycles. The van der Waals surface area contributed by atoms with Gasteiger partial charge >= 0.3 is 0 Å². The van der Waals surface area contributed by atoms with Crippen LogP contribution < -0.4 is 4.74 Å². The first-order chi connectivity index (χ1) is 19.3. The van der Waals surface area contributed by atoms with Gasteiger partial charge < -0.3 is 14.6 Å². The van der Waals surface area contributed by atoms with Gasteiger partial charge in [-0.05, 0) is 61.1 Å². The van der Waals surface area contributed by atoms with Gasteiger partial charge in [-0.3, -0.25) is 4.18 Å². The lowest BCUT2D eigenvalue weighted by atomic mass is 9.79. The molecule has 210 valence electrons. The van der Waals surface area contributed by atoms with E-state index in [4.69, 9.17) is 13.7 Å². The molecule has 0 saturated carbocycles. The Hall–Kier alpha value is -3.65. The van der Waals surface area contributed by atoms with E-state index in [1.165, 1.54) is 0 Å². The molecule has 0 fully saturated rings. The molecular formula is C33H36O6S. The fraction of sp³-hybridized carbons (Fsp3) is 0.273. The van der Waals surface area contributed by atoms with Gasteiger partial charge in [0.1, 0.15) is 23.7 Å².